The first-order chi connectivity index (χ1) is 10.5. The molecule has 0 saturated carbocycles. The molecule has 0 aromatic heterocycles. The molecule has 1 aromatic carbocycles. The number of likely N-dealkylation sites (tertiary alicyclic amines) is 1. The van der Waals surface area contributed by atoms with E-state index in [2.05, 4.69) is 11.4 Å². The van der Waals surface area contributed by atoms with Crippen LogP contribution < -0.4 is 11.1 Å². The number of nitriles is 1. The van der Waals surface area contributed by atoms with Crippen LogP contribution >= 0.6 is 0 Å². The van der Waals surface area contributed by atoms with Gasteiger partial charge in [0.15, 0.2) is 0 Å². The topological polar surface area (TPSA) is 99.2 Å². The summed E-state index contributed by atoms with van der Waals surface area (Å²) in [5.74, 6) is -0.699. The lowest BCUT2D eigenvalue weighted by molar-refractivity contribution is -0.127. The van der Waals surface area contributed by atoms with Crippen molar-refractivity contribution in [2.45, 2.75) is 25.8 Å². The monoisotopic (exact) mass is 300 g/mol. The van der Waals surface area contributed by atoms with Gasteiger partial charge in [-0.2, -0.15) is 5.26 Å². The van der Waals surface area contributed by atoms with E-state index in [0.717, 1.165) is 19.4 Å². The highest BCUT2D eigenvalue weighted by Crippen LogP contribution is 2.20. The van der Waals surface area contributed by atoms with E-state index < -0.39 is 0 Å². The minimum atomic E-state index is -0.381. The highest BCUT2D eigenvalue weighted by atomic mass is 16.2. The second kappa shape index (κ2) is 7.05. The minimum Gasteiger partial charge on any atom is -0.369 e. The van der Waals surface area contributed by atoms with Gasteiger partial charge in [0, 0.05) is 6.54 Å². The molecule has 1 aliphatic rings. The zero-order valence-electron chi connectivity index (χ0n) is 12.6. The number of para-hydroxylation sites is 1. The van der Waals surface area contributed by atoms with E-state index in [1.165, 1.54) is 0 Å². The molecule has 1 fully saturated rings. The second-order valence-corrected chi connectivity index (χ2v) is 5.56. The van der Waals surface area contributed by atoms with Gasteiger partial charge >= 0.3 is 0 Å². The number of amides is 2. The van der Waals surface area contributed by atoms with Gasteiger partial charge in [-0.05, 0) is 38.4 Å². The fourth-order valence-electron chi connectivity index (χ4n) is 2.68. The molecule has 0 bridgehead atoms. The summed E-state index contributed by atoms with van der Waals surface area (Å²) in [6.45, 7) is 3.07. The number of hydrogen-bond acceptors (Lipinski definition) is 4. The predicted molar refractivity (Wildman–Crippen MR) is 82.7 cm³/mol. The summed E-state index contributed by atoms with van der Waals surface area (Å²) in [4.78, 5) is 25.7. The smallest absolute Gasteiger partial charge is 0.241 e. The van der Waals surface area contributed by atoms with Crippen LogP contribution in [0.25, 0.3) is 0 Å². The van der Waals surface area contributed by atoms with E-state index >= 15 is 0 Å². The Morgan fingerprint density at radius 3 is 2.86 bits per heavy atom. The van der Waals surface area contributed by atoms with Crippen LogP contribution in [0.5, 0.6) is 0 Å². The maximum Gasteiger partial charge on any atom is 0.241 e. The van der Waals surface area contributed by atoms with Gasteiger partial charge in [0.2, 0.25) is 11.8 Å². The van der Waals surface area contributed by atoms with E-state index in [1.807, 2.05) is 4.90 Å². The molecule has 2 amide bonds. The van der Waals surface area contributed by atoms with Crippen molar-refractivity contribution in [3.05, 3.63) is 29.8 Å². The van der Waals surface area contributed by atoms with Crippen LogP contribution in [-0.2, 0) is 9.59 Å². The van der Waals surface area contributed by atoms with Crippen molar-refractivity contribution < 1.29 is 9.59 Å². The number of primary amides is 1. The zero-order chi connectivity index (χ0) is 16.1. The minimum absolute atomic E-state index is 0.187. The molecule has 0 radical (unpaired) electrons. The molecule has 22 heavy (non-hydrogen) atoms. The molecule has 6 heteroatoms. The number of benzene rings is 1. The maximum absolute atomic E-state index is 12.4. The number of anilines is 1. The van der Waals surface area contributed by atoms with Crippen LogP contribution in [0.3, 0.4) is 0 Å². The van der Waals surface area contributed by atoms with Crippen LogP contribution in [-0.4, -0.2) is 35.8 Å². The van der Waals surface area contributed by atoms with Gasteiger partial charge in [-0.25, -0.2) is 0 Å². The van der Waals surface area contributed by atoms with Crippen molar-refractivity contribution in [3.63, 3.8) is 0 Å². The van der Waals surface area contributed by atoms with Gasteiger partial charge in [0.05, 0.1) is 23.2 Å². The first kappa shape index (κ1) is 16.0. The van der Waals surface area contributed by atoms with E-state index in [-0.39, 0.29) is 23.8 Å². The van der Waals surface area contributed by atoms with Gasteiger partial charge in [0.25, 0.3) is 0 Å². The molecule has 2 rings (SSSR count). The Hall–Kier alpha value is -2.39. The molecule has 3 N–H and O–H groups in total. The molecule has 2 atom stereocenters. The largest absolute Gasteiger partial charge is 0.369 e. The summed E-state index contributed by atoms with van der Waals surface area (Å²) in [6, 6.07) is 8.55. The predicted octanol–water partition coefficient (Wildman–Crippen LogP) is 1.08. The fourth-order valence-corrected chi connectivity index (χ4v) is 2.68. The number of rotatable bonds is 4. The summed E-state index contributed by atoms with van der Waals surface area (Å²) in [5, 5.41) is 11.8. The van der Waals surface area contributed by atoms with E-state index in [4.69, 9.17) is 11.0 Å². The molecule has 2 unspecified atom stereocenters. The van der Waals surface area contributed by atoms with E-state index in [1.54, 1.807) is 31.2 Å². The third-order valence-electron chi connectivity index (χ3n) is 4.09. The lowest BCUT2D eigenvalue weighted by Gasteiger charge is -2.34. The number of carbonyl (C=O) groups excluding carboxylic acids is 2. The Labute approximate surface area is 129 Å². The second-order valence-electron chi connectivity index (χ2n) is 5.56. The van der Waals surface area contributed by atoms with Crippen LogP contribution in [0.4, 0.5) is 5.69 Å². The van der Waals surface area contributed by atoms with Crippen molar-refractivity contribution in [2.24, 2.45) is 11.7 Å². The van der Waals surface area contributed by atoms with Gasteiger partial charge < -0.3 is 11.1 Å². The SMILES string of the molecule is CC(C(=O)Nc1ccccc1C#N)N1CCCC(C(N)=O)C1. The number of nitrogens with zero attached hydrogens (tertiary/aromatic N) is 2. The summed E-state index contributed by atoms with van der Waals surface area (Å²) >= 11 is 0. The van der Waals surface area contributed by atoms with Gasteiger partial charge in [-0.3, -0.25) is 14.5 Å². The third kappa shape index (κ3) is 3.62. The number of hydrogen-bond donors (Lipinski definition) is 2. The van der Waals surface area contributed by atoms with Crippen LogP contribution in [0.1, 0.15) is 25.3 Å². The highest BCUT2D eigenvalue weighted by Gasteiger charge is 2.29. The summed E-state index contributed by atoms with van der Waals surface area (Å²) in [6.07, 6.45) is 1.62. The van der Waals surface area contributed by atoms with Crippen molar-refractivity contribution in [2.75, 3.05) is 18.4 Å². The Morgan fingerprint density at radius 2 is 2.18 bits per heavy atom. The van der Waals surface area contributed by atoms with Crippen molar-refractivity contribution in [3.8, 4) is 6.07 Å². The molecular weight excluding hydrogens is 280 g/mol. The Bertz CT molecular complexity index is 608. The van der Waals surface area contributed by atoms with Crippen molar-refractivity contribution in [1.29, 1.82) is 5.26 Å². The molecule has 1 saturated heterocycles. The third-order valence-corrected chi connectivity index (χ3v) is 4.09. The quantitative estimate of drug-likeness (QED) is 0.869. The van der Waals surface area contributed by atoms with Gasteiger partial charge in [0.1, 0.15) is 6.07 Å². The van der Waals surface area contributed by atoms with E-state index in [9.17, 15) is 9.59 Å². The molecular formula is C16H20N4O2. The normalized spacial score (nSPS) is 19.9. The molecule has 116 valence electrons. The number of carbonyl (C=O) groups is 2. The number of piperidine rings is 1. The first-order valence-electron chi connectivity index (χ1n) is 7.36. The van der Waals surface area contributed by atoms with Crippen molar-refractivity contribution >= 4 is 17.5 Å². The molecule has 0 aliphatic carbocycles. The first-order valence-corrected chi connectivity index (χ1v) is 7.36. The maximum atomic E-state index is 12.4. The lowest BCUT2D eigenvalue weighted by atomic mass is 9.96. The average Bonchev–Trinajstić information content (AvgIpc) is 2.54. The zero-order valence-corrected chi connectivity index (χ0v) is 12.6. The molecule has 6 nitrogen and oxygen atoms in total. The fraction of sp³-hybridized carbons (Fsp3) is 0.438. The van der Waals surface area contributed by atoms with Gasteiger partial charge in [-0.15, -0.1) is 0 Å². The van der Waals surface area contributed by atoms with Gasteiger partial charge in [-0.1, -0.05) is 12.1 Å². The highest BCUT2D eigenvalue weighted by molar-refractivity contribution is 5.95. The Morgan fingerprint density at radius 1 is 1.45 bits per heavy atom. The van der Waals surface area contributed by atoms with Crippen molar-refractivity contribution in [1.82, 2.24) is 4.90 Å². The van der Waals surface area contributed by atoms with Crippen LogP contribution in [0.15, 0.2) is 24.3 Å². The molecule has 1 heterocycles. The molecule has 1 aliphatic heterocycles. The average molecular weight is 300 g/mol. The number of nitrogens with one attached hydrogen (secondary N) is 1. The van der Waals surface area contributed by atoms with Crippen LogP contribution in [0.2, 0.25) is 0 Å². The lowest BCUT2D eigenvalue weighted by Crippen LogP contribution is -2.49. The summed E-state index contributed by atoms with van der Waals surface area (Å²) in [5.41, 5.74) is 6.30. The Balaban J connectivity index is 2.03. The summed E-state index contributed by atoms with van der Waals surface area (Å²) < 4.78 is 0. The number of nitrogens with two attached hydrogens (primary N) is 1. The molecule has 1 aromatic rings. The summed E-state index contributed by atoms with van der Waals surface area (Å²) in [7, 11) is 0. The van der Waals surface area contributed by atoms with Crippen LogP contribution in [0, 0.1) is 17.2 Å². The molecule has 0 spiro atoms. The van der Waals surface area contributed by atoms with E-state index in [0.29, 0.717) is 17.8 Å². The Kier molecular flexibility index (Phi) is 5.12. The standard InChI is InChI=1S/C16H20N4O2/c1-11(20-8-4-6-13(10-20)15(18)21)16(22)19-14-7-3-2-5-12(14)9-17/h2-3,5,7,11,13H,4,6,8,10H2,1H3,(H2,18,21)(H,19,22).